The summed E-state index contributed by atoms with van der Waals surface area (Å²) in [5.74, 6) is 0. The largest absolute Gasteiger partial charge is 0.0654 e. The summed E-state index contributed by atoms with van der Waals surface area (Å²) in [6.45, 7) is 4.57. The second-order valence-electron chi connectivity index (χ2n) is 4.54. The number of rotatable bonds is 11. The summed E-state index contributed by atoms with van der Waals surface area (Å²) in [4.78, 5) is 0. The van der Waals surface area contributed by atoms with E-state index in [0.717, 1.165) is 0 Å². The monoisotopic (exact) mass is 288 g/mol. The van der Waals surface area contributed by atoms with Crippen molar-refractivity contribution in [2.45, 2.75) is 90.9 Å². The molecule has 0 aliphatic heterocycles. The zero-order valence-electron chi connectivity index (χ0n) is 11.0. The average Bonchev–Trinajstić information content (AvgIpc) is 2.21. The smallest absolute Gasteiger partial charge is 0 e. The van der Waals surface area contributed by atoms with Crippen LogP contribution in [0.15, 0.2) is 0 Å². The van der Waals surface area contributed by atoms with Gasteiger partial charge in [0.2, 0.25) is 0 Å². The van der Waals surface area contributed by atoms with Crippen molar-refractivity contribution in [2.75, 3.05) is 0 Å². The molecule has 0 radical (unpaired) electrons. The van der Waals surface area contributed by atoms with Crippen LogP contribution in [0, 0.1) is 0 Å². The molecule has 0 aromatic carbocycles. The first-order chi connectivity index (χ1) is 6.91. The van der Waals surface area contributed by atoms with Crippen molar-refractivity contribution >= 4 is 0 Å². The van der Waals surface area contributed by atoms with Crippen LogP contribution in [0.2, 0.25) is 0 Å². The van der Waals surface area contributed by atoms with Gasteiger partial charge in [-0.3, -0.25) is 0 Å². The van der Waals surface area contributed by atoms with Gasteiger partial charge in [-0.1, -0.05) is 90.9 Å². The molecule has 0 unspecified atom stereocenters. The first kappa shape index (κ1) is 18.3. The fourth-order valence-corrected chi connectivity index (χ4v) is 1.91. The van der Waals surface area contributed by atoms with Crippen LogP contribution < -0.4 is 0 Å². The van der Waals surface area contributed by atoms with Crippen LogP contribution in [0.4, 0.5) is 0 Å². The first-order valence-corrected chi connectivity index (χ1v) is 6.91. The predicted octanol–water partition coefficient (Wildman–Crippen LogP) is 5.70. The Balaban J connectivity index is 0. The van der Waals surface area contributed by atoms with Gasteiger partial charge in [0.25, 0.3) is 0 Å². The first-order valence-electron chi connectivity index (χ1n) is 6.91. The van der Waals surface area contributed by atoms with Crippen LogP contribution >= 0.6 is 0 Å². The summed E-state index contributed by atoms with van der Waals surface area (Å²) < 4.78 is 0. The molecule has 90 valence electrons. The molecule has 0 bridgehead atoms. The number of unbranched alkanes of at least 4 members (excludes halogenated alkanes) is 11. The number of hydrogen-bond donors (Lipinski definition) is 0. The van der Waals surface area contributed by atoms with E-state index < -0.39 is 0 Å². The standard InChI is InChI=1S/C14H30.Zr/c1-3-5-7-9-11-13-14-12-10-8-6-4-2;/h3-14H2,1-2H3;. The van der Waals surface area contributed by atoms with Gasteiger partial charge in [-0.05, 0) is 0 Å². The average molecular weight is 290 g/mol. The molecule has 0 saturated carbocycles. The molecule has 0 heterocycles. The Kier molecular flexibility index (Phi) is 21.0. The molecule has 0 N–H and O–H groups in total. The van der Waals surface area contributed by atoms with Crippen molar-refractivity contribution in [3.8, 4) is 0 Å². The molecule has 0 spiro atoms. The summed E-state index contributed by atoms with van der Waals surface area (Å²) in [7, 11) is 0. The molecule has 1 heteroatoms. The van der Waals surface area contributed by atoms with E-state index in [4.69, 9.17) is 0 Å². The molecule has 0 rings (SSSR count). The minimum atomic E-state index is 0. The van der Waals surface area contributed by atoms with Crippen LogP contribution in [-0.2, 0) is 26.2 Å². The molecule has 0 aliphatic carbocycles. The topological polar surface area (TPSA) is 0 Å². The van der Waals surface area contributed by atoms with E-state index in [1.165, 1.54) is 77.0 Å². The SMILES string of the molecule is CCCCCCCCCCCCCC.[Zr]. The Hall–Kier alpha value is 0.883. The summed E-state index contributed by atoms with van der Waals surface area (Å²) in [5, 5.41) is 0. The Morgan fingerprint density at radius 1 is 0.400 bits per heavy atom. The summed E-state index contributed by atoms with van der Waals surface area (Å²) in [5.41, 5.74) is 0. The minimum absolute atomic E-state index is 0. The van der Waals surface area contributed by atoms with Crippen molar-refractivity contribution in [3.63, 3.8) is 0 Å². The Bertz CT molecular complexity index is 79.3. The third kappa shape index (κ3) is 17.5. The zero-order valence-corrected chi connectivity index (χ0v) is 13.4. The zero-order chi connectivity index (χ0) is 10.5. The molecule has 0 aliphatic rings. The fraction of sp³-hybridized carbons (Fsp3) is 1.00. The van der Waals surface area contributed by atoms with E-state index in [1.807, 2.05) is 0 Å². The van der Waals surface area contributed by atoms with E-state index in [9.17, 15) is 0 Å². The number of hydrogen-bond acceptors (Lipinski definition) is 0. The normalized spacial score (nSPS) is 10.0. The Labute approximate surface area is 117 Å². The molecular weight excluding hydrogens is 259 g/mol. The van der Waals surface area contributed by atoms with Gasteiger partial charge in [0.1, 0.15) is 0 Å². The predicted molar refractivity (Wildman–Crippen MR) is 66.8 cm³/mol. The molecule has 0 nitrogen and oxygen atoms in total. The molecule has 0 amide bonds. The van der Waals surface area contributed by atoms with Crippen LogP contribution in [0.1, 0.15) is 90.9 Å². The van der Waals surface area contributed by atoms with Gasteiger partial charge in [0.05, 0.1) is 0 Å². The van der Waals surface area contributed by atoms with Gasteiger partial charge in [-0.2, -0.15) is 0 Å². The van der Waals surface area contributed by atoms with Crippen LogP contribution in [0.3, 0.4) is 0 Å². The van der Waals surface area contributed by atoms with Crippen LogP contribution in [0.5, 0.6) is 0 Å². The van der Waals surface area contributed by atoms with E-state index in [1.54, 1.807) is 0 Å². The van der Waals surface area contributed by atoms with Gasteiger partial charge >= 0.3 is 0 Å². The van der Waals surface area contributed by atoms with Crippen LogP contribution in [-0.4, -0.2) is 0 Å². The van der Waals surface area contributed by atoms with Crippen molar-refractivity contribution < 1.29 is 26.2 Å². The maximum Gasteiger partial charge on any atom is 0 e. The van der Waals surface area contributed by atoms with E-state index in [-0.39, 0.29) is 26.2 Å². The Morgan fingerprint density at radius 3 is 0.800 bits per heavy atom. The van der Waals surface area contributed by atoms with Gasteiger partial charge in [-0.15, -0.1) is 0 Å². The van der Waals surface area contributed by atoms with Gasteiger partial charge in [-0.25, -0.2) is 0 Å². The molecule has 0 aromatic rings. The summed E-state index contributed by atoms with van der Waals surface area (Å²) >= 11 is 0. The van der Waals surface area contributed by atoms with Gasteiger partial charge in [0, 0.05) is 26.2 Å². The van der Waals surface area contributed by atoms with Crippen LogP contribution in [0.25, 0.3) is 0 Å². The third-order valence-electron chi connectivity index (χ3n) is 2.96. The molecule has 0 atom stereocenters. The quantitative estimate of drug-likeness (QED) is 0.428. The molecular formula is C14H30Zr. The van der Waals surface area contributed by atoms with E-state index in [2.05, 4.69) is 13.8 Å². The summed E-state index contributed by atoms with van der Waals surface area (Å²) in [6, 6.07) is 0. The van der Waals surface area contributed by atoms with E-state index >= 15 is 0 Å². The second kappa shape index (κ2) is 17.3. The molecule has 15 heavy (non-hydrogen) atoms. The minimum Gasteiger partial charge on any atom is -0.0654 e. The van der Waals surface area contributed by atoms with E-state index in [0.29, 0.717) is 0 Å². The molecule has 0 saturated heterocycles. The fourth-order valence-electron chi connectivity index (χ4n) is 1.91. The molecule has 0 aromatic heterocycles. The summed E-state index contributed by atoms with van der Waals surface area (Å²) in [6.07, 6.45) is 17.4. The maximum atomic E-state index is 2.29. The third-order valence-corrected chi connectivity index (χ3v) is 2.96. The van der Waals surface area contributed by atoms with Crippen molar-refractivity contribution in [3.05, 3.63) is 0 Å². The van der Waals surface area contributed by atoms with Gasteiger partial charge < -0.3 is 0 Å². The van der Waals surface area contributed by atoms with Crippen molar-refractivity contribution in [1.82, 2.24) is 0 Å². The van der Waals surface area contributed by atoms with Gasteiger partial charge in [0.15, 0.2) is 0 Å². The molecule has 0 fully saturated rings. The maximum absolute atomic E-state index is 2.29. The second-order valence-corrected chi connectivity index (χ2v) is 4.54. The van der Waals surface area contributed by atoms with Crippen molar-refractivity contribution in [1.29, 1.82) is 0 Å². The van der Waals surface area contributed by atoms with Crippen molar-refractivity contribution in [2.24, 2.45) is 0 Å². The Morgan fingerprint density at radius 2 is 0.600 bits per heavy atom.